The number of aromatic nitrogens is 4. The van der Waals surface area contributed by atoms with Crippen molar-refractivity contribution in [2.75, 3.05) is 6.54 Å². The summed E-state index contributed by atoms with van der Waals surface area (Å²) < 4.78 is 4.15. The maximum Gasteiger partial charge on any atom is 0.140 e. The van der Waals surface area contributed by atoms with Crippen LogP contribution in [0.15, 0.2) is 30.6 Å². The number of hydrogen-bond donors (Lipinski definition) is 1. The maximum absolute atomic E-state index is 5.72. The van der Waals surface area contributed by atoms with Gasteiger partial charge in [-0.1, -0.05) is 6.92 Å². The Morgan fingerprint density at radius 3 is 2.90 bits per heavy atom. The number of rotatable bonds is 5. The molecule has 3 aromatic heterocycles. The third-order valence-corrected chi connectivity index (χ3v) is 3.85. The number of fused-ring (bicyclic) bond motifs is 1. The molecule has 5 nitrogen and oxygen atoms in total. The molecule has 110 valence electrons. The predicted molar refractivity (Wildman–Crippen MR) is 84.2 cm³/mol. The van der Waals surface area contributed by atoms with Gasteiger partial charge in [-0.3, -0.25) is 4.68 Å². The molecule has 0 bridgehead atoms. The number of aryl methyl sites for hydroxylation is 2. The highest BCUT2D eigenvalue weighted by atomic mass is 15.3. The van der Waals surface area contributed by atoms with Gasteiger partial charge < -0.3 is 10.3 Å². The lowest BCUT2D eigenvalue weighted by Gasteiger charge is -2.04. The summed E-state index contributed by atoms with van der Waals surface area (Å²) in [5.41, 5.74) is 10.3. The molecule has 0 aliphatic carbocycles. The van der Waals surface area contributed by atoms with E-state index in [4.69, 9.17) is 5.73 Å². The number of nitrogens with zero attached hydrogens (tertiary/aromatic N) is 4. The Labute approximate surface area is 124 Å². The summed E-state index contributed by atoms with van der Waals surface area (Å²) in [7, 11) is 1.99. The molecule has 0 atom stereocenters. The fourth-order valence-electron chi connectivity index (χ4n) is 2.74. The van der Waals surface area contributed by atoms with E-state index in [0.29, 0.717) is 6.54 Å². The van der Waals surface area contributed by atoms with E-state index in [1.165, 1.54) is 16.6 Å². The maximum atomic E-state index is 5.72. The minimum Gasteiger partial charge on any atom is -0.330 e. The van der Waals surface area contributed by atoms with Crippen LogP contribution in [0.1, 0.15) is 23.9 Å². The zero-order valence-corrected chi connectivity index (χ0v) is 12.6. The second-order valence-corrected chi connectivity index (χ2v) is 5.30. The van der Waals surface area contributed by atoms with Crippen molar-refractivity contribution in [3.63, 3.8) is 0 Å². The van der Waals surface area contributed by atoms with Crippen molar-refractivity contribution in [1.82, 2.24) is 19.3 Å². The van der Waals surface area contributed by atoms with Gasteiger partial charge >= 0.3 is 0 Å². The summed E-state index contributed by atoms with van der Waals surface area (Å²) >= 11 is 0. The van der Waals surface area contributed by atoms with Gasteiger partial charge in [-0.15, -0.1) is 0 Å². The lowest BCUT2D eigenvalue weighted by atomic mass is 10.2. The molecule has 0 aromatic carbocycles. The van der Waals surface area contributed by atoms with E-state index >= 15 is 0 Å². The summed E-state index contributed by atoms with van der Waals surface area (Å²) in [5.74, 6) is 0. The van der Waals surface area contributed by atoms with Crippen molar-refractivity contribution in [3.05, 3.63) is 47.5 Å². The van der Waals surface area contributed by atoms with Crippen molar-refractivity contribution < 1.29 is 0 Å². The Kier molecular flexibility index (Phi) is 3.75. The van der Waals surface area contributed by atoms with Crippen LogP contribution in [0, 0.1) is 0 Å². The SMILES string of the molecule is CCc1cc(Cn2cc(CCN)c3cccnc32)n(C)n1. The molecule has 0 radical (unpaired) electrons. The van der Waals surface area contributed by atoms with Gasteiger partial charge in [0.25, 0.3) is 0 Å². The first-order chi connectivity index (χ1) is 10.2. The van der Waals surface area contributed by atoms with Crippen LogP contribution in [0.3, 0.4) is 0 Å². The Morgan fingerprint density at radius 2 is 2.19 bits per heavy atom. The van der Waals surface area contributed by atoms with E-state index in [0.717, 1.165) is 30.7 Å². The molecule has 3 aromatic rings. The van der Waals surface area contributed by atoms with Crippen molar-refractivity contribution in [2.24, 2.45) is 12.8 Å². The van der Waals surface area contributed by atoms with E-state index in [1.54, 1.807) is 0 Å². The molecule has 5 heteroatoms. The Morgan fingerprint density at radius 1 is 1.33 bits per heavy atom. The summed E-state index contributed by atoms with van der Waals surface area (Å²) in [5, 5.41) is 5.71. The van der Waals surface area contributed by atoms with Crippen LogP contribution in [0.4, 0.5) is 0 Å². The first kappa shape index (κ1) is 13.8. The van der Waals surface area contributed by atoms with Crippen LogP contribution in [-0.4, -0.2) is 25.9 Å². The zero-order valence-electron chi connectivity index (χ0n) is 12.6. The number of pyridine rings is 1. The largest absolute Gasteiger partial charge is 0.330 e. The molecule has 2 N–H and O–H groups in total. The molecule has 0 aliphatic heterocycles. The molecular formula is C16H21N5. The first-order valence-corrected chi connectivity index (χ1v) is 7.37. The van der Waals surface area contributed by atoms with Crippen molar-refractivity contribution in [3.8, 4) is 0 Å². The first-order valence-electron chi connectivity index (χ1n) is 7.37. The highest BCUT2D eigenvalue weighted by molar-refractivity contribution is 5.80. The normalized spacial score (nSPS) is 11.4. The summed E-state index contributed by atoms with van der Waals surface area (Å²) in [6.07, 6.45) is 5.84. The lowest BCUT2D eigenvalue weighted by Crippen LogP contribution is -2.05. The van der Waals surface area contributed by atoms with Crippen LogP contribution in [0.5, 0.6) is 0 Å². The van der Waals surface area contributed by atoms with E-state index in [1.807, 2.05) is 24.0 Å². The Balaban J connectivity index is 2.01. The van der Waals surface area contributed by atoms with Crippen LogP contribution in [0.2, 0.25) is 0 Å². The second kappa shape index (κ2) is 5.69. The van der Waals surface area contributed by atoms with Crippen LogP contribution >= 0.6 is 0 Å². The fraction of sp³-hybridized carbons (Fsp3) is 0.375. The molecule has 0 spiro atoms. The molecule has 0 unspecified atom stereocenters. The van der Waals surface area contributed by atoms with Gasteiger partial charge in [0.1, 0.15) is 5.65 Å². The van der Waals surface area contributed by atoms with Crippen molar-refractivity contribution in [1.29, 1.82) is 0 Å². The van der Waals surface area contributed by atoms with Gasteiger partial charge in [0.05, 0.1) is 17.9 Å². The molecule has 3 rings (SSSR count). The highest BCUT2D eigenvalue weighted by Crippen LogP contribution is 2.21. The minimum absolute atomic E-state index is 0.652. The van der Waals surface area contributed by atoms with Gasteiger partial charge in [-0.25, -0.2) is 4.98 Å². The fourth-order valence-corrected chi connectivity index (χ4v) is 2.74. The molecule has 0 saturated carbocycles. The minimum atomic E-state index is 0.652. The third-order valence-electron chi connectivity index (χ3n) is 3.85. The topological polar surface area (TPSA) is 61.7 Å². The van der Waals surface area contributed by atoms with Crippen LogP contribution in [-0.2, 0) is 26.4 Å². The van der Waals surface area contributed by atoms with Crippen molar-refractivity contribution in [2.45, 2.75) is 26.3 Å². The molecule has 0 fully saturated rings. The Bertz CT molecular complexity index is 753. The lowest BCUT2D eigenvalue weighted by molar-refractivity contribution is 0.667. The van der Waals surface area contributed by atoms with E-state index in [2.05, 4.69) is 39.9 Å². The Hall–Kier alpha value is -2.14. The van der Waals surface area contributed by atoms with Gasteiger partial charge in [-0.2, -0.15) is 5.10 Å². The second-order valence-electron chi connectivity index (χ2n) is 5.30. The number of nitrogens with two attached hydrogens (primary N) is 1. The average Bonchev–Trinajstić information content (AvgIpc) is 3.02. The standard InChI is InChI=1S/C16H21N5/c1-3-13-9-14(20(2)19-13)11-21-10-12(6-7-17)15-5-4-8-18-16(15)21/h4-5,8-10H,3,6-7,11,17H2,1-2H3. The molecular weight excluding hydrogens is 262 g/mol. The molecule has 0 amide bonds. The van der Waals surface area contributed by atoms with Crippen LogP contribution < -0.4 is 5.73 Å². The third kappa shape index (κ3) is 2.56. The van der Waals surface area contributed by atoms with E-state index in [-0.39, 0.29) is 0 Å². The van der Waals surface area contributed by atoms with E-state index < -0.39 is 0 Å². The predicted octanol–water partition coefficient (Wildman–Crippen LogP) is 1.88. The summed E-state index contributed by atoms with van der Waals surface area (Å²) in [6, 6.07) is 6.26. The van der Waals surface area contributed by atoms with Crippen LogP contribution in [0.25, 0.3) is 11.0 Å². The van der Waals surface area contributed by atoms with Crippen molar-refractivity contribution >= 4 is 11.0 Å². The average molecular weight is 283 g/mol. The van der Waals surface area contributed by atoms with Gasteiger partial charge in [0.2, 0.25) is 0 Å². The molecule has 0 saturated heterocycles. The smallest absolute Gasteiger partial charge is 0.140 e. The molecule has 0 aliphatic rings. The van der Waals surface area contributed by atoms with Gasteiger partial charge in [0.15, 0.2) is 0 Å². The monoisotopic (exact) mass is 283 g/mol. The zero-order chi connectivity index (χ0) is 14.8. The highest BCUT2D eigenvalue weighted by Gasteiger charge is 2.11. The quantitative estimate of drug-likeness (QED) is 0.777. The summed E-state index contributed by atoms with van der Waals surface area (Å²) in [6.45, 7) is 3.55. The van der Waals surface area contributed by atoms with Gasteiger partial charge in [0, 0.05) is 24.8 Å². The van der Waals surface area contributed by atoms with Gasteiger partial charge in [-0.05, 0) is 43.1 Å². The molecule has 21 heavy (non-hydrogen) atoms. The number of hydrogen-bond acceptors (Lipinski definition) is 3. The summed E-state index contributed by atoms with van der Waals surface area (Å²) in [4.78, 5) is 4.53. The molecule has 3 heterocycles. The van der Waals surface area contributed by atoms with E-state index in [9.17, 15) is 0 Å².